The van der Waals surface area contributed by atoms with Crippen molar-refractivity contribution in [3.05, 3.63) is 32.6 Å². The normalized spacial score (nSPS) is 11.4. The van der Waals surface area contributed by atoms with Crippen molar-refractivity contribution in [1.29, 1.82) is 0 Å². The molecule has 7 nitrogen and oxygen atoms in total. The number of amides is 1. The number of carbonyl (C=O) groups excluding carboxylic acids is 1. The summed E-state index contributed by atoms with van der Waals surface area (Å²) < 4.78 is 2.47. The van der Waals surface area contributed by atoms with Crippen molar-refractivity contribution >= 4 is 5.91 Å². The van der Waals surface area contributed by atoms with E-state index in [4.69, 9.17) is 0 Å². The fourth-order valence-electron chi connectivity index (χ4n) is 1.87. The van der Waals surface area contributed by atoms with Crippen LogP contribution in [0.3, 0.4) is 0 Å². The summed E-state index contributed by atoms with van der Waals surface area (Å²) in [7, 11) is 4.65. The van der Waals surface area contributed by atoms with E-state index in [1.54, 1.807) is 14.1 Å². The topological polar surface area (TPSA) is 85.1 Å². The van der Waals surface area contributed by atoms with Crippen molar-refractivity contribution in [1.82, 2.24) is 19.8 Å². The van der Waals surface area contributed by atoms with Gasteiger partial charge in [-0.3, -0.25) is 18.7 Å². The van der Waals surface area contributed by atoms with E-state index in [0.29, 0.717) is 18.8 Å². The Kier molecular flexibility index (Phi) is 4.88. The van der Waals surface area contributed by atoms with Gasteiger partial charge in [0.05, 0.1) is 5.41 Å². The van der Waals surface area contributed by atoms with E-state index in [1.165, 1.54) is 17.7 Å². The highest BCUT2D eigenvalue weighted by Gasteiger charge is 2.25. The lowest BCUT2D eigenvalue weighted by Gasteiger charge is -2.23. The summed E-state index contributed by atoms with van der Waals surface area (Å²) in [5.74, 6) is -0.0668. The van der Waals surface area contributed by atoms with Crippen LogP contribution < -0.4 is 21.9 Å². The molecule has 1 aromatic rings. The third-order valence-electron chi connectivity index (χ3n) is 3.34. The second kappa shape index (κ2) is 6.04. The highest BCUT2D eigenvalue weighted by molar-refractivity contribution is 5.81. The van der Waals surface area contributed by atoms with E-state index >= 15 is 0 Å². The molecule has 1 amide bonds. The van der Waals surface area contributed by atoms with Crippen LogP contribution >= 0.6 is 0 Å². The monoisotopic (exact) mass is 282 g/mol. The van der Waals surface area contributed by atoms with Gasteiger partial charge < -0.3 is 10.6 Å². The number of nitrogens with one attached hydrogen (secondary N) is 2. The molecule has 2 N–H and O–H groups in total. The molecule has 0 aliphatic rings. The summed E-state index contributed by atoms with van der Waals surface area (Å²) in [5.41, 5.74) is -0.672. The van der Waals surface area contributed by atoms with Crippen molar-refractivity contribution in [3.63, 3.8) is 0 Å². The van der Waals surface area contributed by atoms with E-state index in [1.807, 2.05) is 13.8 Å². The van der Waals surface area contributed by atoms with Gasteiger partial charge in [-0.2, -0.15) is 0 Å². The number of carbonyl (C=O) groups is 1. The number of aromatic nitrogens is 2. The summed E-state index contributed by atoms with van der Waals surface area (Å²) in [6.45, 7) is 4.43. The van der Waals surface area contributed by atoms with Crippen LogP contribution in [-0.4, -0.2) is 28.6 Å². The Morgan fingerprint density at radius 1 is 1.25 bits per heavy atom. The van der Waals surface area contributed by atoms with Crippen molar-refractivity contribution in [2.45, 2.75) is 20.4 Å². The van der Waals surface area contributed by atoms with Gasteiger partial charge >= 0.3 is 5.69 Å². The van der Waals surface area contributed by atoms with Gasteiger partial charge in [-0.05, 0) is 13.8 Å². The van der Waals surface area contributed by atoms with Gasteiger partial charge in [-0.1, -0.05) is 0 Å². The summed E-state index contributed by atoms with van der Waals surface area (Å²) in [5, 5.41) is 5.71. The molecule has 0 aliphatic carbocycles. The molecule has 0 saturated carbocycles. The van der Waals surface area contributed by atoms with Crippen molar-refractivity contribution in [2.75, 3.05) is 13.6 Å². The second-order valence-electron chi connectivity index (χ2n) is 5.44. The van der Waals surface area contributed by atoms with E-state index < -0.39 is 5.41 Å². The lowest BCUT2D eigenvalue weighted by molar-refractivity contribution is -0.128. The molecule has 0 unspecified atom stereocenters. The van der Waals surface area contributed by atoms with Crippen molar-refractivity contribution in [2.24, 2.45) is 19.5 Å². The Labute approximate surface area is 117 Å². The first kappa shape index (κ1) is 16.2. The molecule has 112 valence electrons. The smallest absolute Gasteiger partial charge is 0.330 e. The van der Waals surface area contributed by atoms with E-state index in [9.17, 15) is 14.4 Å². The first-order valence-electron chi connectivity index (χ1n) is 6.39. The van der Waals surface area contributed by atoms with E-state index in [2.05, 4.69) is 10.6 Å². The highest BCUT2D eigenvalue weighted by atomic mass is 16.2. The lowest BCUT2D eigenvalue weighted by Crippen LogP contribution is -2.43. The summed E-state index contributed by atoms with van der Waals surface area (Å²) >= 11 is 0. The standard InChI is InChI=1S/C13H22N4O3/c1-13(2,11(19)14-3)8-15-7-9-6-10(18)17(5)12(20)16(9)4/h6,15H,7-8H2,1-5H3,(H,14,19). The zero-order valence-electron chi connectivity index (χ0n) is 12.6. The van der Waals surface area contributed by atoms with Gasteiger partial charge in [0.15, 0.2) is 0 Å². The minimum atomic E-state index is -0.562. The molecule has 0 fully saturated rings. The highest BCUT2D eigenvalue weighted by Crippen LogP contribution is 2.13. The number of hydrogen-bond acceptors (Lipinski definition) is 4. The maximum Gasteiger partial charge on any atom is 0.330 e. The number of hydrogen-bond donors (Lipinski definition) is 2. The van der Waals surface area contributed by atoms with E-state index in [0.717, 1.165) is 4.57 Å². The summed E-state index contributed by atoms with van der Waals surface area (Å²) in [6, 6.07) is 1.42. The van der Waals surface area contributed by atoms with Crippen LogP contribution in [0, 0.1) is 5.41 Å². The molecule has 0 atom stereocenters. The SMILES string of the molecule is CNC(=O)C(C)(C)CNCc1cc(=O)n(C)c(=O)n1C. The van der Waals surface area contributed by atoms with Crippen LogP contribution in [0.25, 0.3) is 0 Å². The van der Waals surface area contributed by atoms with Crippen molar-refractivity contribution < 1.29 is 4.79 Å². The minimum absolute atomic E-state index is 0.0668. The van der Waals surface area contributed by atoms with Crippen LogP contribution in [0.1, 0.15) is 19.5 Å². The Morgan fingerprint density at radius 3 is 2.40 bits per heavy atom. The molecule has 1 rings (SSSR count). The first-order chi connectivity index (χ1) is 9.20. The van der Waals surface area contributed by atoms with Gasteiger partial charge in [-0.25, -0.2) is 4.79 Å². The second-order valence-corrected chi connectivity index (χ2v) is 5.44. The predicted octanol–water partition coefficient (Wildman–Crippen LogP) is -1.05. The van der Waals surface area contributed by atoms with Crippen molar-refractivity contribution in [3.8, 4) is 0 Å². The third-order valence-corrected chi connectivity index (χ3v) is 3.34. The Bertz CT molecular complexity index is 613. The largest absolute Gasteiger partial charge is 0.359 e. The fourth-order valence-corrected chi connectivity index (χ4v) is 1.87. The Morgan fingerprint density at radius 2 is 1.85 bits per heavy atom. The zero-order valence-corrected chi connectivity index (χ0v) is 12.6. The molecular formula is C13H22N4O3. The summed E-state index contributed by atoms with van der Waals surface area (Å²) in [6.07, 6.45) is 0. The molecule has 0 bridgehead atoms. The molecule has 7 heteroatoms. The van der Waals surface area contributed by atoms with Crippen LogP contribution in [0.4, 0.5) is 0 Å². The molecule has 0 aliphatic heterocycles. The predicted molar refractivity (Wildman–Crippen MR) is 76.5 cm³/mol. The Hall–Kier alpha value is -1.89. The van der Waals surface area contributed by atoms with Gasteiger partial charge in [0, 0.05) is 46.0 Å². The van der Waals surface area contributed by atoms with Crippen LogP contribution in [-0.2, 0) is 25.4 Å². The molecule has 0 spiro atoms. The third kappa shape index (κ3) is 3.36. The van der Waals surface area contributed by atoms with Gasteiger partial charge in [0.25, 0.3) is 5.56 Å². The molecule has 0 saturated heterocycles. The molecular weight excluding hydrogens is 260 g/mol. The molecule has 0 radical (unpaired) electrons. The Balaban J connectivity index is 2.80. The lowest BCUT2D eigenvalue weighted by atomic mass is 9.92. The average Bonchev–Trinajstić information content (AvgIpc) is 2.40. The average molecular weight is 282 g/mol. The minimum Gasteiger partial charge on any atom is -0.359 e. The molecule has 0 aromatic carbocycles. The first-order valence-corrected chi connectivity index (χ1v) is 6.39. The fraction of sp³-hybridized carbons (Fsp3) is 0.615. The molecule has 1 heterocycles. The van der Waals surface area contributed by atoms with Crippen LogP contribution in [0.2, 0.25) is 0 Å². The van der Waals surface area contributed by atoms with Gasteiger partial charge in [0.1, 0.15) is 0 Å². The number of rotatable bonds is 5. The maximum absolute atomic E-state index is 11.8. The van der Waals surface area contributed by atoms with Crippen LogP contribution in [0.5, 0.6) is 0 Å². The zero-order chi connectivity index (χ0) is 15.5. The van der Waals surface area contributed by atoms with Crippen LogP contribution in [0.15, 0.2) is 15.7 Å². The van der Waals surface area contributed by atoms with Gasteiger partial charge in [-0.15, -0.1) is 0 Å². The quantitative estimate of drug-likeness (QED) is 0.721. The molecule has 20 heavy (non-hydrogen) atoms. The number of nitrogens with zero attached hydrogens (tertiary/aromatic N) is 2. The molecule has 1 aromatic heterocycles. The maximum atomic E-state index is 11.8. The van der Waals surface area contributed by atoms with Gasteiger partial charge in [0.2, 0.25) is 5.91 Å². The van der Waals surface area contributed by atoms with E-state index in [-0.39, 0.29) is 17.2 Å². The summed E-state index contributed by atoms with van der Waals surface area (Å²) in [4.78, 5) is 35.0.